The van der Waals surface area contributed by atoms with Crippen molar-refractivity contribution in [3.05, 3.63) is 16.8 Å². The molecule has 0 atom stereocenters. The number of nitrogens with one attached hydrogen (secondary N) is 1. The fraction of sp³-hybridized carbons (Fsp3) is 0.800. The van der Waals surface area contributed by atoms with Crippen molar-refractivity contribution in [3.8, 4) is 0 Å². The minimum Gasteiger partial charge on any atom is -0.388 e. The van der Waals surface area contributed by atoms with E-state index >= 15 is 0 Å². The quantitative estimate of drug-likeness (QED) is 0.706. The fourth-order valence-electron chi connectivity index (χ4n) is 2.24. The average molecular weight is 211 g/mol. The van der Waals surface area contributed by atoms with Gasteiger partial charge in [-0.2, -0.15) is 5.10 Å². The summed E-state index contributed by atoms with van der Waals surface area (Å²) in [4.78, 5) is 11.3. The van der Waals surface area contributed by atoms with Gasteiger partial charge in [0.15, 0.2) is 0 Å². The Balaban J connectivity index is 2.09. The van der Waals surface area contributed by atoms with Crippen LogP contribution >= 0.6 is 0 Å². The van der Waals surface area contributed by atoms with Crippen LogP contribution in [0.3, 0.4) is 0 Å². The van der Waals surface area contributed by atoms with Crippen molar-refractivity contribution in [2.75, 3.05) is 0 Å². The number of nitrogens with zero attached hydrogens (tertiary/aromatic N) is 2. The second kappa shape index (κ2) is 4.18. The van der Waals surface area contributed by atoms with Crippen LogP contribution in [0.25, 0.3) is 0 Å². The van der Waals surface area contributed by atoms with Crippen LogP contribution in [-0.2, 0) is 6.54 Å². The summed E-state index contributed by atoms with van der Waals surface area (Å²) in [6, 6.07) is 0. The van der Waals surface area contributed by atoms with Crippen LogP contribution in [0.2, 0.25) is 0 Å². The van der Waals surface area contributed by atoms with Gasteiger partial charge in [0, 0.05) is 0 Å². The average Bonchev–Trinajstić information content (AvgIpc) is 2.48. The van der Waals surface area contributed by atoms with E-state index in [9.17, 15) is 9.90 Å². The van der Waals surface area contributed by atoms with Gasteiger partial charge in [-0.15, -0.1) is 0 Å². The van der Waals surface area contributed by atoms with Gasteiger partial charge in [0.25, 0.3) is 0 Å². The first-order valence-corrected chi connectivity index (χ1v) is 5.52. The van der Waals surface area contributed by atoms with Crippen molar-refractivity contribution in [1.82, 2.24) is 14.8 Å². The molecule has 0 amide bonds. The summed E-state index contributed by atoms with van der Waals surface area (Å²) >= 11 is 0. The van der Waals surface area contributed by atoms with Gasteiger partial charge in [0.05, 0.1) is 12.1 Å². The Labute approximate surface area is 88.1 Å². The zero-order valence-corrected chi connectivity index (χ0v) is 8.78. The summed E-state index contributed by atoms with van der Waals surface area (Å²) in [5.74, 6) is 0. The lowest BCUT2D eigenvalue weighted by atomic mass is 9.94. The summed E-state index contributed by atoms with van der Waals surface area (Å²) in [7, 11) is 0. The second-order valence-corrected chi connectivity index (χ2v) is 4.43. The predicted octanol–water partition coefficient (Wildman–Crippen LogP) is 0.657. The number of aromatic amines is 1. The molecule has 0 unspecified atom stereocenters. The van der Waals surface area contributed by atoms with Crippen molar-refractivity contribution in [2.24, 2.45) is 0 Å². The molecule has 5 nitrogen and oxygen atoms in total. The standard InChI is InChI=1S/C10H17N3O2/c14-9-12-11-8-13(9)7-10(15)5-3-1-2-4-6-10/h8,15H,1-7H2,(H,12,14). The van der Waals surface area contributed by atoms with E-state index in [1.807, 2.05) is 0 Å². The van der Waals surface area contributed by atoms with Crippen molar-refractivity contribution >= 4 is 0 Å². The SMILES string of the molecule is O=c1[nH]ncn1CC1(O)CCCCCC1. The lowest BCUT2D eigenvalue weighted by Gasteiger charge is -2.26. The third kappa shape index (κ3) is 2.47. The first-order chi connectivity index (χ1) is 7.20. The molecule has 0 aromatic carbocycles. The number of aliphatic hydroxyl groups is 1. The minimum atomic E-state index is -0.718. The van der Waals surface area contributed by atoms with E-state index < -0.39 is 5.60 Å². The maximum absolute atomic E-state index is 11.3. The van der Waals surface area contributed by atoms with Crippen molar-refractivity contribution in [1.29, 1.82) is 0 Å². The van der Waals surface area contributed by atoms with E-state index in [2.05, 4.69) is 10.2 Å². The lowest BCUT2D eigenvalue weighted by Crippen LogP contribution is -2.36. The third-order valence-corrected chi connectivity index (χ3v) is 3.12. The zero-order valence-electron chi connectivity index (χ0n) is 8.78. The maximum Gasteiger partial charge on any atom is 0.343 e. The molecule has 1 aliphatic rings. The van der Waals surface area contributed by atoms with Crippen LogP contribution in [0.5, 0.6) is 0 Å². The summed E-state index contributed by atoms with van der Waals surface area (Å²) in [6.07, 6.45) is 7.47. The Morgan fingerprint density at radius 2 is 2.07 bits per heavy atom. The Hall–Kier alpha value is -1.10. The van der Waals surface area contributed by atoms with Crippen LogP contribution in [0, 0.1) is 0 Å². The van der Waals surface area contributed by atoms with Gasteiger partial charge in [-0.05, 0) is 12.8 Å². The highest BCUT2D eigenvalue weighted by molar-refractivity contribution is 4.82. The van der Waals surface area contributed by atoms with Gasteiger partial charge in [0.2, 0.25) is 0 Å². The van der Waals surface area contributed by atoms with Gasteiger partial charge in [-0.25, -0.2) is 9.89 Å². The highest BCUT2D eigenvalue weighted by Crippen LogP contribution is 2.27. The van der Waals surface area contributed by atoms with Crippen molar-refractivity contribution in [3.63, 3.8) is 0 Å². The summed E-state index contributed by atoms with van der Waals surface area (Å²) < 4.78 is 1.45. The van der Waals surface area contributed by atoms with Gasteiger partial charge < -0.3 is 5.11 Å². The Bertz CT molecular complexity index is 361. The third-order valence-electron chi connectivity index (χ3n) is 3.12. The van der Waals surface area contributed by atoms with Crippen LogP contribution in [0.4, 0.5) is 0 Å². The molecule has 0 spiro atoms. The van der Waals surface area contributed by atoms with Crippen LogP contribution in [-0.4, -0.2) is 25.5 Å². The number of aromatic nitrogens is 3. The van der Waals surface area contributed by atoms with Crippen LogP contribution in [0.1, 0.15) is 38.5 Å². The molecule has 0 saturated heterocycles. The number of rotatable bonds is 2. The normalized spacial score (nSPS) is 21.1. The smallest absolute Gasteiger partial charge is 0.343 e. The number of H-pyrrole nitrogens is 1. The topological polar surface area (TPSA) is 70.9 Å². The van der Waals surface area contributed by atoms with Crippen LogP contribution < -0.4 is 5.69 Å². The van der Waals surface area contributed by atoms with E-state index in [0.29, 0.717) is 6.54 Å². The Morgan fingerprint density at radius 1 is 1.40 bits per heavy atom. The molecule has 1 aliphatic carbocycles. The van der Waals surface area contributed by atoms with E-state index in [1.54, 1.807) is 0 Å². The molecule has 2 rings (SSSR count). The maximum atomic E-state index is 11.3. The molecule has 1 aromatic heterocycles. The lowest BCUT2D eigenvalue weighted by molar-refractivity contribution is 0.00719. The number of hydrogen-bond acceptors (Lipinski definition) is 3. The largest absolute Gasteiger partial charge is 0.388 e. The van der Waals surface area contributed by atoms with Crippen molar-refractivity contribution < 1.29 is 5.11 Å². The number of hydrogen-bond donors (Lipinski definition) is 2. The predicted molar refractivity (Wildman–Crippen MR) is 55.5 cm³/mol. The van der Waals surface area contributed by atoms with Gasteiger partial charge in [-0.3, -0.25) is 4.57 Å². The molecule has 1 heterocycles. The molecule has 84 valence electrons. The van der Waals surface area contributed by atoms with E-state index in [0.717, 1.165) is 25.7 Å². The summed E-state index contributed by atoms with van der Waals surface area (Å²) in [6.45, 7) is 0.363. The van der Waals surface area contributed by atoms with E-state index in [1.165, 1.54) is 23.7 Å². The molecule has 1 fully saturated rings. The molecule has 0 bridgehead atoms. The molecular formula is C10H17N3O2. The van der Waals surface area contributed by atoms with Gasteiger partial charge >= 0.3 is 5.69 Å². The molecule has 2 N–H and O–H groups in total. The zero-order chi connectivity index (χ0) is 10.7. The van der Waals surface area contributed by atoms with E-state index in [-0.39, 0.29) is 5.69 Å². The van der Waals surface area contributed by atoms with E-state index in [4.69, 9.17) is 0 Å². The summed E-state index contributed by atoms with van der Waals surface area (Å²) in [5.41, 5.74) is -0.961. The summed E-state index contributed by atoms with van der Waals surface area (Å²) in [5, 5.41) is 16.3. The van der Waals surface area contributed by atoms with Crippen LogP contribution in [0.15, 0.2) is 11.1 Å². The fourth-order valence-corrected chi connectivity index (χ4v) is 2.24. The molecule has 15 heavy (non-hydrogen) atoms. The minimum absolute atomic E-state index is 0.243. The molecule has 5 heteroatoms. The molecule has 0 radical (unpaired) electrons. The monoisotopic (exact) mass is 211 g/mol. The second-order valence-electron chi connectivity index (χ2n) is 4.43. The molecule has 1 aromatic rings. The first kappa shape index (κ1) is 10.4. The Morgan fingerprint density at radius 3 is 2.60 bits per heavy atom. The first-order valence-electron chi connectivity index (χ1n) is 5.52. The van der Waals surface area contributed by atoms with Gasteiger partial charge in [0.1, 0.15) is 6.33 Å². The highest BCUT2D eigenvalue weighted by atomic mass is 16.3. The van der Waals surface area contributed by atoms with Gasteiger partial charge in [-0.1, -0.05) is 25.7 Å². The Kier molecular flexibility index (Phi) is 2.90. The molecular weight excluding hydrogens is 194 g/mol. The molecule has 0 aliphatic heterocycles. The van der Waals surface area contributed by atoms with Crippen molar-refractivity contribution in [2.45, 2.75) is 50.7 Å². The molecule has 1 saturated carbocycles. The highest BCUT2D eigenvalue weighted by Gasteiger charge is 2.28.